The summed E-state index contributed by atoms with van der Waals surface area (Å²) in [6.07, 6.45) is 8.75. The van der Waals surface area contributed by atoms with Crippen LogP contribution in [0.4, 0.5) is 0 Å². The van der Waals surface area contributed by atoms with Crippen molar-refractivity contribution in [3.8, 4) is 0 Å². The van der Waals surface area contributed by atoms with E-state index in [1.807, 2.05) is 18.0 Å². The third kappa shape index (κ3) is 2.59. The van der Waals surface area contributed by atoms with Crippen LogP contribution in [0.15, 0.2) is 12.4 Å². The maximum absolute atomic E-state index is 5.80. The molecule has 0 aliphatic heterocycles. The predicted octanol–water partition coefficient (Wildman–Crippen LogP) is 1.99. The molecule has 1 unspecified atom stereocenters. The van der Waals surface area contributed by atoms with Crippen molar-refractivity contribution < 1.29 is 4.74 Å². The lowest BCUT2D eigenvalue weighted by Gasteiger charge is -2.46. The Morgan fingerprint density at radius 3 is 2.72 bits per heavy atom. The van der Waals surface area contributed by atoms with Crippen molar-refractivity contribution in [1.82, 2.24) is 15.1 Å². The first-order valence-corrected chi connectivity index (χ1v) is 7.04. The molecule has 1 aromatic heterocycles. The van der Waals surface area contributed by atoms with Crippen molar-refractivity contribution in [2.24, 2.45) is 0 Å². The molecule has 0 aromatic carbocycles. The third-order valence-electron chi connectivity index (χ3n) is 4.14. The Morgan fingerprint density at radius 2 is 2.28 bits per heavy atom. The topological polar surface area (TPSA) is 39.1 Å². The number of rotatable bonds is 7. The molecule has 1 aromatic rings. The fraction of sp³-hybridized carbons (Fsp3) is 0.786. The van der Waals surface area contributed by atoms with Gasteiger partial charge in [-0.15, -0.1) is 0 Å². The van der Waals surface area contributed by atoms with Crippen molar-refractivity contribution in [2.45, 2.75) is 57.7 Å². The molecule has 1 aliphatic carbocycles. The lowest BCUT2D eigenvalue weighted by molar-refractivity contribution is -0.0978. The summed E-state index contributed by atoms with van der Waals surface area (Å²) in [4.78, 5) is 0. The summed E-state index contributed by atoms with van der Waals surface area (Å²) in [5, 5.41) is 7.94. The Morgan fingerprint density at radius 1 is 1.50 bits per heavy atom. The van der Waals surface area contributed by atoms with Crippen molar-refractivity contribution in [1.29, 1.82) is 0 Å². The largest absolute Gasteiger partial charge is 0.377 e. The van der Waals surface area contributed by atoms with Crippen LogP contribution in [0.2, 0.25) is 0 Å². The van der Waals surface area contributed by atoms with Gasteiger partial charge >= 0.3 is 0 Å². The number of hydrogen-bond acceptors (Lipinski definition) is 3. The van der Waals surface area contributed by atoms with E-state index in [2.05, 4.69) is 30.5 Å². The quantitative estimate of drug-likeness (QED) is 0.805. The summed E-state index contributed by atoms with van der Waals surface area (Å²) in [6, 6.07) is 0.399. The highest BCUT2D eigenvalue weighted by atomic mass is 16.5. The van der Waals surface area contributed by atoms with Gasteiger partial charge in [0, 0.05) is 25.9 Å². The number of ether oxygens (including phenoxy) is 1. The van der Waals surface area contributed by atoms with E-state index >= 15 is 0 Å². The molecule has 1 fully saturated rings. The predicted molar refractivity (Wildman–Crippen MR) is 72.7 cm³/mol. The fourth-order valence-corrected chi connectivity index (χ4v) is 2.83. The molecule has 2 rings (SSSR count). The van der Waals surface area contributed by atoms with Crippen LogP contribution in [0, 0.1) is 0 Å². The van der Waals surface area contributed by atoms with E-state index < -0.39 is 0 Å². The van der Waals surface area contributed by atoms with Crippen LogP contribution in [-0.2, 0) is 17.7 Å². The number of aryl methyl sites for hydroxylation is 1. The van der Waals surface area contributed by atoms with Crippen molar-refractivity contribution >= 4 is 0 Å². The van der Waals surface area contributed by atoms with E-state index in [-0.39, 0.29) is 5.60 Å². The lowest BCUT2D eigenvalue weighted by Crippen LogP contribution is -2.57. The average molecular weight is 251 g/mol. The molecule has 1 heterocycles. The molecule has 0 bridgehead atoms. The Labute approximate surface area is 110 Å². The molecule has 0 radical (unpaired) electrons. The smallest absolute Gasteiger partial charge is 0.0834 e. The Bertz CT molecular complexity index is 365. The van der Waals surface area contributed by atoms with Gasteiger partial charge in [-0.05, 0) is 44.7 Å². The molecule has 1 aliphatic rings. The normalized spacial score (nSPS) is 19.5. The maximum Gasteiger partial charge on any atom is 0.0834 e. The molecule has 0 amide bonds. The molecule has 102 valence electrons. The Balaban J connectivity index is 2.05. The van der Waals surface area contributed by atoms with Gasteiger partial charge in [-0.2, -0.15) is 5.10 Å². The molecule has 0 spiro atoms. The second-order valence-corrected chi connectivity index (χ2v) is 5.14. The third-order valence-corrected chi connectivity index (χ3v) is 4.14. The van der Waals surface area contributed by atoms with Crippen LogP contribution in [0.5, 0.6) is 0 Å². The molecule has 4 nitrogen and oxygen atoms in total. The zero-order valence-corrected chi connectivity index (χ0v) is 11.8. The van der Waals surface area contributed by atoms with Crippen LogP contribution < -0.4 is 5.32 Å². The summed E-state index contributed by atoms with van der Waals surface area (Å²) in [6.45, 7) is 6.19. The number of likely N-dealkylation sites (N-methyl/N-ethyl adjacent to an activating group) is 1. The zero-order chi connectivity index (χ0) is 13.0. The van der Waals surface area contributed by atoms with Crippen LogP contribution in [0.25, 0.3) is 0 Å². The van der Waals surface area contributed by atoms with Gasteiger partial charge in [0.05, 0.1) is 11.8 Å². The van der Waals surface area contributed by atoms with E-state index in [1.165, 1.54) is 24.8 Å². The SMILES string of the molecule is CCNC(Cc1cnn(CC)c1)C1(OC)CCC1. The summed E-state index contributed by atoms with van der Waals surface area (Å²) in [5.41, 5.74) is 1.34. The molecular formula is C14H25N3O. The number of nitrogens with one attached hydrogen (secondary N) is 1. The number of methoxy groups -OCH3 is 1. The number of hydrogen-bond donors (Lipinski definition) is 1. The van der Waals surface area contributed by atoms with Crippen LogP contribution in [0.1, 0.15) is 38.7 Å². The minimum Gasteiger partial charge on any atom is -0.377 e. The summed E-state index contributed by atoms with van der Waals surface area (Å²) >= 11 is 0. The maximum atomic E-state index is 5.80. The molecule has 18 heavy (non-hydrogen) atoms. The first-order chi connectivity index (χ1) is 8.74. The van der Waals surface area contributed by atoms with Gasteiger partial charge in [-0.1, -0.05) is 6.92 Å². The Kier molecular flexibility index (Phi) is 4.40. The minimum absolute atomic E-state index is 0.0460. The van der Waals surface area contributed by atoms with E-state index in [0.29, 0.717) is 6.04 Å². The lowest BCUT2D eigenvalue weighted by atomic mass is 9.73. The van der Waals surface area contributed by atoms with Crippen LogP contribution >= 0.6 is 0 Å². The summed E-state index contributed by atoms with van der Waals surface area (Å²) in [7, 11) is 1.85. The molecule has 1 saturated carbocycles. The second kappa shape index (κ2) is 5.85. The van der Waals surface area contributed by atoms with Gasteiger partial charge in [0.1, 0.15) is 0 Å². The van der Waals surface area contributed by atoms with Gasteiger partial charge in [-0.25, -0.2) is 0 Å². The van der Waals surface area contributed by atoms with Crippen molar-refractivity contribution in [3.63, 3.8) is 0 Å². The van der Waals surface area contributed by atoms with Gasteiger partial charge < -0.3 is 10.1 Å². The molecular weight excluding hydrogens is 226 g/mol. The fourth-order valence-electron chi connectivity index (χ4n) is 2.83. The molecule has 0 saturated heterocycles. The van der Waals surface area contributed by atoms with Gasteiger partial charge in [0.15, 0.2) is 0 Å². The van der Waals surface area contributed by atoms with Crippen molar-refractivity contribution in [2.75, 3.05) is 13.7 Å². The highest BCUT2D eigenvalue weighted by Gasteiger charge is 2.44. The van der Waals surface area contributed by atoms with Crippen molar-refractivity contribution in [3.05, 3.63) is 18.0 Å². The van der Waals surface area contributed by atoms with Gasteiger partial charge in [0.25, 0.3) is 0 Å². The van der Waals surface area contributed by atoms with E-state index in [1.54, 1.807) is 0 Å². The summed E-state index contributed by atoms with van der Waals surface area (Å²) in [5.74, 6) is 0. The van der Waals surface area contributed by atoms with Gasteiger partial charge in [0.2, 0.25) is 0 Å². The van der Waals surface area contributed by atoms with E-state index in [0.717, 1.165) is 19.5 Å². The van der Waals surface area contributed by atoms with Crippen LogP contribution in [-0.4, -0.2) is 35.1 Å². The first kappa shape index (κ1) is 13.6. The second-order valence-electron chi connectivity index (χ2n) is 5.14. The Hall–Kier alpha value is -0.870. The molecule has 1 N–H and O–H groups in total. The molecule has 1 atom stereocenters. The number of nitrogens with zero attached hydrogens (tertiary/aromatic N) is 2. The standard InChI is InChI=1S/C14H25N3O/c1-4-15-13(14(18-3)7-6-8-14)9-12-10-16-17(5-2)11-12/h10-11,13,15H,4-9H2,1-3H3. The van der Waals surface area contributed by atoms with E-state index in [9.17, 15) is 0 Å². The first-order valence-electron chi connectivity index (χ1n) is 7.04. The minimum atomic E-state index is 0.0460. The number of aromatic nitrogens is 2. The zero-order valence-electron chi connectivity index (χ0n) is 11.8. The van der Waals surface area contributed by atoms with E-state index in [4.69, 9.17) is 4.74 Å². The highest BCUT2D eigenvalue weighted by Crippen LogP contribution is 2.39. The monoisotopic (exact) mass is 251 g/mol. The van der Waals surface area contributed by atoms with Gasteiger partial charge in [-0.3, -0.25) is 4.68 Å². The summed E-state index contributed by atoms with van der Waals surface area (Å²) < 4.78 is 7.79. The van der Waals surface area contributed by atoms with Crippen LogP contribution in [0.3, 0.4) is 0 Å². The highest BCUT2D eigenvalue weighted by molar-refractivity contribution is 5.11. The average Bonchev–Trinajstić information content (AvgIpc) is 2.76. The molecule has 4 heteroatoms.